The standard InChI is InChI=1S/C17H27ClN2/c18-17-9-7-16(8-10-17)6-4-11-19-12-5-15-20-13-2-1-3-14-20/h7-10,19H,1-6,11-15H2. The van der Waals surface area contributed by atoms with Gasteiger partial charge in [0.2, 0.25) is 0 Å². The Morgan fingerprint density at radius 3 is 2.40 bits per heavy atom. The van der Waals surface area contributed by atoms with Gasteiger partial charge in [0, 0.05) is 5.02 Å². The van der Waals surface area contributed by atoms with E-state index in [1.54, 1.807) is 0 Å². The highest BCUT2D eigenvalue weighted by atomic mass is 35.5. The van der Waals surface area contributed by atoms with E-state index in [-0.39, 0.29) is 0 Å². The Morgan fingerprint density at radius 2 is 1.65 bits per heavy atom. The van der Waals surface area contributed by atoms with Crippen molar-refractivity contribution in [3.63, 3.8) is 0 Å². The molecule has 0 aromatic heterocycles. The minimum atomic E-state index is 0.824. The lowest BCUT2D eigenvalue weighted by Gasteiger charge is -2.26. The smallest absolute Gasteiger partial charge is 0.0406 e. The molecule has 0 spiro atoms. The first-order valence-corrected chi connectivity index (χ1v) is 8.40. The molecule has 20 heavy (non-hydrogen) atoms. The molecule has 1 saturated heterocycles. The predicted molar refractivity (Wildman–Crippen MR) is 87.6 cm³/mol. The minimum absolute atomic E-state index is 0.824. The van der Waals surface area contributed by atoms with E-state index in [4.69, 9.17) is 11.6 Å². The van der Waals surface area contributed by atoms with Gasteiger partial charge in [0.05, 0.1) is 0 Å². The van der Waals surface area contributed by atoms with Gasteiger partial charge in [-0.25, -0.2) is 0 Å². The molecule has 112 valence electrons. The molecule has 0 bridgehead atoms. The molecule has 0 atom stereocenters. The van der Waals surface area contributed by atoms with Crippen LogP contribution in [0.3, 0.4) is 0 Å². The van der Waals surface area contributed by atoms with Gasteiger partial charge >= 0.3 is 0 Å². The van der Waals surface area contributed by atoms with Crippen LogP contribution in [0.4, 0.5) is 0 Å². The molecular weight excluding hydrogens is 268 g/mol. The van der Waals surface area contributed by atoms with E-state index in [0.717, 1.165) is 24.5 Å². The van der Waals surface area contributed by atoms with Crippen LogP contribution in [0.25, 0.3) is 0 Å². The monoisotopic (exact) mass is 294 g/mol. The Labute approximate surface area is 128 Å². The third-order valence-electron chi connectivity index (χ3n) is 4.01. The molecule has 0 aliphatic carbocycles. The number of hydrogen-bond donors (Lipinski definition) is 1. The number of piperidine rings is 1. The van der Waals surface area contributed by atoms with Crippen LogP contribution < -0.4 is 5.32 Å². The molecule has 1 aromatic rings. The lowest BCUT2D eigenvalue weighted by molar-refractivity contribution is 0.226. The quantitative estimate of drug-likeness (QED) is 0.735. The van der Waals surface area contributed by atoms with Crippen molar-refractivity contribution < 1.29 is 0 Å². The van der Waals surface area contributed by atoms with E-state index in [0.29, 0.717) is 0 Å². The van der Waals surface area contributed by atoms with Gasteiger partial charge in [-0.3, -0.25) is 0 Å². The number of nitrogens with zero attached hydrogens (tertiary/aromatic N) is 1. The average molecular weight is 295 g/mol. The van der Waals surface area contributed by atoms with Crippen LogP contribution in [0, 0.1) is 0 Å². The van der Waals surface area contributed by atoms with Crippen molar-refractivity contribution >= 4 is 11.6 Å². The van der Waals surface area contributed by atoms with E-state index in [9.17, 15) is 0 Å². The molecule has 1 aliphatic heterocycles. The summed E-state index contributed by atoms with van der Waals surface area (Å²) in [7, 11) is 0. The molecule has 0 amide bonds. The summed E-state index contributed by atoms with van der Waals surface area (Å²) in [5.74, 6) is 0. The SMILES string of the molecule is Clc1ccc(CCCNCCCN2CCCCC2)cc1. The maximum absolute atomic E-state index is 5.88. The van der Waals surface area contributed by atoms with E-state index < -0.39 is 0 Å². The summed E-state index contributed by atoms with van der Waals surface area (Å²) in [6.07, 6.45) is 7.84. The molecule has 0 unspecified atom stereocenters. The van der Waals surface area contributed by atoms with Crippen LogP contribution in [0.15, 0.2) is 24.3 Å². The third-order valence-corrected chi connectivity index (χ3v) is 4.26. The molecule has 1 aromatic carbocycles. The van der Waals surface area contributed by atoms with E-state index >= 15 is 0 Å². The molecule has 1 N–H and O–H groups in total. The van der Waals surface area contributed by atoms with Gasteiger partial charge in [-0.05, 0) is 82.5 Å². The molecule has 0 saturated carbocycles. The number of halogens is 1. The van der Waals surface area contributed by atoms with Crippen LogP contribution in [0.2, 0.25) is 5.02 Å². The summed E-state index contributed by atoms with van der Waals surface area (Å²) in [5, 5.41) is 4.38. The number of benzene rings is 1. The van der Waals surface area contributed by atoms with Crippen LogP contribution in [-0.2, 0) is 6.42 Å². The fourth-order valence-corrected chi connectivity index (χ4v) is 2.93. The third kappa shape index (κ3) is 6.25. The van der Waals surface area contributed by atoms with Crippen LogP contribution in [0.1, 0.15) is 37.7 Å². The topological polar surface area (TPSA) is 15.3 Å². The van der Waals surface area contributed by atoms with Gasteiger partial charge in [0.25, 0.3) is 0 Å². The summed E-state index contributed by atoms with van der Waals surface area (Å²) in [5.41, 5.74) is 1.38. The van der Waals surface area contributed by atoms with E-state index in [1.165, 1.54) is 57.3 Å². The molecule has 0 radical (unpaired) electrons. The fraction of sp³-hybridized carbons (Fsp3) is 0.647. The Balaban J connectivity index is 1.44. The van der Waals surface area contributed by atoms with Crippen molar-refractivity contribution in [2.75, 3.05) is 32.7 Å². The van der Waals surface area contributed by atoms with Crippen LogP contribution in [-0.4, -0.2) is 37.6 Å². The van der Waals surface area contributed by atoms with Crippen LogP contribution in [0.5, 0.6) is 0 Å². The maximum atomic E-state index is 5.88. The summed E-state index contributed by atoms with van der Waals surface area (Å²) < 4.78 is 0. The molecule has 1 fully saturated rings. The van der Waals surface area contributed by atoms with Crippen LogP contribution >= 0.6 is 11.6 Å². The highest BCUT2D eigenvalue weighted by molar-refractivity contribution is 6.30. The molecule has 2 nitrogen and oxygen atoms in total. The summed E-state index contributed by atoms with van der Waals surface area (Å²) in [6, 6.07) is 8.20. The van der Waals surface area contributed by atoms with Crippen molar-refractivity contribution in [2.24, 2.45) is 0 Å². The molecule has 2 rings (SSSR count). The zero-order valence-corrected chi connectivity index (χ0v) is 13.2. The van der Waals surface area contributed by atoms with Crippen molar-refractivity contribution in [3.05, 3.63) is 34.9 Å². The van der Waals surface area contributed by atoms with Crippen molar-refractivity contribution in [1.29, 1.82) is 0 Å². The second kappa shape index (κ2) is 9.38. The average Bonchev–Trinajstić information content (AvgIpc) is 2.49. The van der Waals surface area contributed by atoms with Gasteiger partial charge in [-0.2, -0.15) is 0 Å². The van der Waals surface area contributed by atoms with E-state index in [2.05, 4.69) is 22.3 Å². The summed E-state index contributed by atoms with van der Waals surface area (Å²) >= 11 is 5.88. The Hall–Kier alpha value is -0.570. The highest BCUT2D eigenvalue weighted by Gasteiger charge is 2.08. The van der Waals surface area contributed by atoms with Crippen molar-refractivity contribution in [3.8, 4) is 0 Å². The first-order chi connectivity index (χ1) is 9.84. The van der Waals surface area contributed by atoms with E-state index in [1.807, 2.05) is 12.1 Å². The van der Waals surface area contributed by atoms with Crippen molar-refractivity contribution in [2.45, 2.75) is 38.5 Å². The first kappa shape index (κ1) is 15.8. The number of likely N-dealkylation sites (tertiary alicyclic amines) is 1. The lowest BCUT2D eigenvalue weighted by atomic mass is 10.1. The number of nitrogens with one attached hydrogen (secondary N) is 1. The number of aryl methyl sites for hydroxylation is 1. The second-order valence-corrected chi connectivity index (χ2v) is 6.17. The Kier molecular flexibility index (Phi) is 7.42. The zero-order chi connectivity index (χ0) is 14.0. The molecule has 1 heterocycles. The molecule has 1 aliphatic rings. The van der Waals surface area contributed by atoms with Gasteiger partial charge in [0.1, 0.15) is 0 Å². The normalized spacial score (nSPS) is 16.4. The van der Waals surface area contributed by atoms with Gasteiger partial charge in [0.15, 0.2) is 0 Å². The zero-order valence-electron chi connectivity index (χ0n) is 12.4. The van der Waals surface area contributed by atoms with Gasteiger partial charge < -0.3 is 10.2 Å². The summed E-state index contributed by atoms with van der Waals surface area (Å²) in [6.45, 7) is 6.16. The maximum Gasteiger partial charge on any atom is 0.0406 e. The Bertz CT molecular complexity index is 358. The van der Waals surface area contributed by atoms with Gasteiger partial charge in [-0.1, -0.05) is 30.2 Å². The lowest BCUT2D eigenvalue weighted by Crippen LogP contribution is -2.32. The van der Waals surface area contributed by atoms with Crippen molar-refractivity contribution in [1.82, 2.24) is 10.2 Å². The first-order valence-electron chi connectivity index (χ1n) is 8.02. The fourth-order valence-electron chi connectivity index (χ4n) is 2.80. The summed E-state index contributed by atoms with van der Waals surface area (Å²) in [4.78, 5) is 2.61. The van der Waals surface area contributed by atoms with Gasteiger partial charge in [-0.15, -0.1) is 0 Å². The Morgan fingerprint density at radius 1 is 0.950 bits per heavy atom. The minimum Gasteiger partial charge on any atom is -0.317 e. The second-order valence-electron chi connectivity index (χ2n) is 5.74. The largest absolute Gasteiger partial charge is 0.317 e. The predicted octanol–water partition coefficient (Wildman–Crippen LogP) is 3.74. The number of hydrogen-bond acceptors (Lipinski definition) is 2. The molecular formula is C17H27ClN2. The molecule has 3 heteroatoms. The number of rotatable bonds is 8. The highest BCUT2D eigenvalue weighted by Crippen LogP contribution is 2.11.